The van der Waals surface area contributed by atoms with Crippen LogP contribution in [0.4, 0.5) is 0 Å². The normalized spacial score (nSPS) is 25.5. The molecule has 0 aromatic heterocycles. The van der Waals surface area contributed by atoms with Gasteiger partial charge in [-0.1, -0.05) is 43.3 Å². The molecule has 24 heavy (non-hydrogen) atoms. The Kier molecular flexibility index (Phi) is 4.70. The van der Waals surface area contributed by atoms with Crippen LogP contribution < -0.4 is 5.11 Å². The van der Waals surface area contributed by atoms with Gasteiger partial charge < -0.3 is 15.0 Å². The number of carbonyl (C=O) groups excluding carboxylic acids is 1. The SMILES string of the molecule is CSc1ccc(CC2c3ccccc3C(O)(CC(=O)[O-])C2C)cc1. The van der Waals surface area contributed by atoms with Crippen LogP contribution in [0.1, 0.15) is 36.0 Å². The number of aliphatic hydroxyl groups is 1. The number of carboxylic acid groups (broad SMARTS) is 1. The molecule has 0 radical (unpaired) electrons. The highest BCUT2D eigenvalue weighted by Crippen LogP contribution is 2.51. The lowest BCUT2D eigenvalue weighted by atomic mass is 9.80. The average Bonchev–Trinajstić information content (AvgIpc) is 2.77. The number of fused-ring (bicyclic) bond motifs is 1. The van der Waals surface area contributed by atoms with Crippen molar-refractivity contribution in [3.8, 4) is 0 Å². The minimum absolute atomic E-state index is 0.0886. The summed E-state index contributed by atoms with van der Waals surface area (Å²) in [4.78, 5) is 12.4. The molecule has 3 rings (SSSR count). The maximum absolute atomic E-state index is 11.2. The summed E-state index contributed by atoms with van der Waals surface area (Å²) in [5.74, 6) is -1.32. The van der Waals surface area contributed by atoms with E-state index in [1.165, 1.54) is 10.5 Å². The van der Waals surface area contributed by atoms with E-state index in [0.29, 0.717) is 0 Å². The van der Waals surface area contributed by atoms with Crippen LogP contribution in [0.5, 0.6) is 0 Å². The Hall–Kier alpha value is -1.78. The number of hydrogen-bond donors (Lipinski definition) is 1. The molecule has 1 aliphatic carbocycles. The van der Waals surface area contributed by atoms with E-state index < -0.39 is 11.6 Å². The highest BCUT2D eigenvalue weighted by atomic mass is 32.2. The van der Waals surface area contributed by atoms with Gasteiger partial charge in [-0.05, 0) is 53.3 Å². The molecule has 3 unspecified atom stereocenters. The van der Waals surface area contributed by atoms with Crippen LogP contribution in [0.15, 0.2) is 53.4 Å². The second-order valence-electron chi connectivity index (χ2n) is 6.51. The molecule has 0 aliphatic heterocycles. The molecule has 2 aromatic rings. The lowest BCUT2D eigenvalue weighted by Gasteiger charge is -2.31. The van der Waals surface area contributed by atoms with Gasteiger partial charge in [0.1, 0.15) is 0 Å². The summed E-state index contributed by atoms with van der Waals surface area (Å²) in [5, 5.41) is 22.3. The summed E-state index contributed by atoms with van der Waals surface area (Å²) in [5.41, 5.74) is 1.60. The van der Waals surface area contributed by atoms with Crippen LogP contribution in [0.25, 0.3) is 0 Å². The molecule has 4 heteroatoms. The van der Waals surface area contributed by atoms with Crippen molar-refractivity contribution in [1.82, 2.24) is 0 Å². The zero-order valence-electron chi connectivity index (χ0n) is 13.9. The van der Waals surface area contributed by atoms with Gasteiger partial charge in [0.2, 0.25) is 0 Å². The van der Waals surface area contributed by atoms with Crippen LogP contribution in [0.3, 0.4) is 0 Å². The molecule has 1 aliphatic rings. The average molecular weight is 341 g/mol. The van der Waals surface area contributed by atoms with E-state index in [4.69, 9.17) is 0 Å². The monoisotopic (exact) mass is 341 g/mol. The van der Waals surface area contributed by atoms with Gasteiger partial charge >= 0.3 is 0 Å². The molecule has 0 saturated carbocycles. The van der Waals surface area contributed by atoms with Crippen molar-refractivity contribution in [2.24, 2.45) is 5.92 Å². The number of aliphatic carboxylic acids is 1. The summed E-state index contributed by atoms with van der Waals surface area (Å²) in [6.45, 7) is 1.93. The molecular formula is C20H21O3S-. The van der Waals surface area contributed by atoms with Crippen molar-refractivity contribution in [2.75, 3.05) is 6.26 Å². The smallest absolute Gasteiger partial charge is 0.0982 e. The van der Waals surface area contributed by atoms with Crippen LogP contribution in [-0.4, -0.2) is 17.3 Å². The lowest BCUT2D eigenvalue weighted by Crippen LogP contribution is -2.38. The zero-order chi connectivity index (χ0) is 17.3. The van der Waals surface area contributed by atoms with Crippen molar-refractivity contribution in [3.63, 3.8) is 0 Å². The minimum Gasteiger partial charge on any atom is -0.550 e. The first kappa shape index (κ1) is 17.1. The van der Waals surface area contributed by atoms with Crippen molar-refractivity contribution in [2.45, 2.75) is 36.2 Å². The third kappa shape index (κ3) is 2.96. The number of hydrogen-bond acceptors (Lipinski definition) is 4. The number of thioether (sulfide) groups is 1. The fraction of sp³-hybridized carbons (Fsp3) is 0.350. The van der Waals surface area contributed by atoms with E-state index in [9.17, 15) is 15.0 Å². The van der Waals surface area contributed by atoms with Gasteiger partial charge in [-0.3, -0.25) is 0 Å². The summed E-state index contributed by atoms with van der Waals surface area (Å²) < 4.78 is 0. The number of carboxylic acids is 1. The van der Waals surface area contributed by atoms with Gasteiger partial charge in [-0.2, -0.15) is 0 Å². The Morgan fingerprint density at radius 3 is 2.50 bits per heavy atom. The standard InChI is InChI=1S/C20H22O3S/c1-13-17(11-14-7-9-15(24-2)10-8-14)16-5-3-4-6-18(16)20(13,23)12-19(21)22/h3-10,13,17,23H,11-12H2,1-2H3,(H,21,22)/p-1. The highest BCUT2D eigenvalue weighted by molar-refractivity contribution is 7.98. The van der Waals surface area contributed by atoms with Gasteiger partial charge in [0, 0.05) is 17.3 Å². The molecule has 0 heterocycles. The molecule has 0 amide bonds. The van der Waals surface area contributed by atoms with E-state index in [0.717, 1.165) is 17.5 Å². The zero-order valence-corrected chi connectivity index (χ0v) is 14.7. The second-order valence-corrected chi connectivity index (χ2v) is 7.39. The fourth-order valence-electron chi connectivity index (χ4n) is 3.84. The summed E-state index contributed by atoms with van der Waals surface area (Å²) >= 11 is 1.70. The van der Waals surface area contributed by atoms with Gasteiger partial charge in [-0.25, -0.2) is 0 Å². The van der Waals surface area contributed by atoms with E-state index in [-0.39, 0.29) is 18.3 Å². The Bertz CT molecular complexity index is 741. The first-order valence-corrected chi connectivity index (χ1v) is 9.32. The molecule has 126 valence electrons. The van der Waals surface area contributed by atoms with Crippen molar-refractivity contribution < 1.29 is 15.0 Å². The van der Waals surface area contributed by atoms with Crippen LogP contribution in [-0.2, 0) is 16.8 Å². The quantitative estimate of drug-likeness (QED) is 0.850. The van der Waals surface area contributed by atoms with Gasteiger partial charge in [0.05, 0.1) is 5.60 Å². The Morgan fingerprint density at radius 2 is 1.88 bits per heavy atom. The molecule has 0 saturated heterocycles. The van der Waals surface area contributed by atoms with E-state index >= 15 is 0 Å². The van der Waals surface area contributed by atoms with Crippen LogP contribution >= 0.6 is 11.8 Å². The molecule has 0 spiro atoms. The Morgan fingerprint density at radius 1 is 1.21 bits per heavy atom. The topological polar surface area (TPSA) is 60.4 Å². The van der Waals surface area contributed by atoms with Gasteiger partial charge in [0.25, 0.3) is 0 Å². The first-order chi connectivity index (χ1) is 11.5. The first-order valence-electron chi connectivity index (χ1n) is 8.10. The molecule has 3 atom stereocenters. The molecule has 1 N–H and O–H groups in total. The summed E-state index contributed by atoms with van der Waals surface area (Å²) in [6.07, 6.45) is 2.46. The molecule has 2 aromatic carbocycles. The molecular weight excluding hydrogens is 320 g/mol. The predicted molar refractivity (Wildman–Crippen MR) is 93.8 cm³/mol. The second kappa shape index (κ2) is 6.61. The van der Waals surface area contributed by atoms with Crippen molar-refractivity contribution in [3.05, 3.63) is 65.2 Å². The predicted octanol–water partition coefficient (Wildman–Crippen LogP) is 2.71. The maximum Gasteiger partial charge on any atom is 0.0982 e. The Balaban J connectivity index is 1.94. The summed E-state index contributed by atoms with van der Waals surface area (Å²) in [7, 11) is 0. The fourth-order valence-corrected chi connectivity index (χ4v) is 4.25. The van der Waals surface area contributed by atoms with Gasteiger partial charge in [-0.15, -0.1) is 11.8 Å². The Labute approximate surface area is 146 Å². The molecule has 3 nitrogen and oxygen atoms in total. The highest BCUT2D eigenvalue weighted by Gasteiger charge is 2.48. The van der Waals surface area contributed by atoms with Crippen molar-refractivity contribution >= 4 is 17.7 Å². The van der Waals surface area contributed by atoms with E-state index in [1.54, 1.807) is 11.8 Å². The third-order valence-electron chi connectivity index (χ3n) is 5.21. The van der Waals surface area contributed by atoms with Crippen LogP contribution in [0.2, 0.25) is 0 Å². The lowest BCUT2D eigenvalue weighted by molar-refractivity contribution is -0.310. The number of carbonyl (C=O) groups is 1. The van der Waals surface area contributed by atoms with Crippen LogP contribution in [0, 0.1) is 5.92 Å². The molecule has 0 fully saturated rings. The summed E-state index contributed by atoms with van der Waals surface area (Å²) in [6, 6.07) is 16.0. The van der Waals surface area contributed by atoms with E-state index in [2.05, 4.69) is 24.3 Å². The van der Waals surface area contributed by atoms with E-state index in [1.807, 2.05) is 37.4 Å². The number of rotatable bonds is 5. The minimum atomic E-state index is -1.36. The molecule has 0 bridgehead atoms. The largest absolute Gasteiger partial charge is 0.550 e. The third-order valence-corrected chi connectivity index (χ3v) is 5.96. The maximum atomic E-state index is 11.2. The van der Waals surface area contributed by atoms with Gasteiger partial charge in [0.15, 0.2) is 0 Å². The van der Waals surface area contributed by atoms with Crippen molar-refractivity contribution in [1.29, 1.82) is 0 Å². The number of benzene rings is 2.